The average Bonchev–Trinajstić information content (AvgIpc) is 3.18. The molecular formula is C24H27N5OS. The first-order valence-corrected chi connectivity index (χ1v) is 12.2. The molecule has 4 saturated carbocycles. The number of aromatic nitrogens is 4. The molecule has 160 valence electrons. The van der Waals surface area contributed by atoms with Crippen molar-refractivity contribution in [3.8, 4) is 5.69 Å². The Labute approximate surface area is 186 Å². The second-order valence-electron chi connectivity index (χ2n) is 9.76. The zero-order valence-corrected chi connectivity index (χ0v) is 18.5. The summed E-state index contributed by atoms with van der Waals surface area (Å²) in [5.74, 6) is 2.59. The van der Waals surface area contributed by atoms with E-state index in [9.17, 15) is 4.79 Å². The van der Waals surface area contributed by atoms with E-state index in [1.807, 2.05) is 41.9 Å². The minimum atomic E-state index is -0.217. The van der Waals surface area contributed by atoms with Gasteiger partial charge in [0.1, 0.15) is 11.4 Å². The van der Waals surface area contributed by atoms with Crippen molar-refractivity contribution in [2.45, 2.75) is 61.3 Å². The second kappa shape index (κ2) is 7.33. The van der Waals surface area contributed by atoms with Crippen LogP contribution >= 0.6 is 11.8 Å². The van der Waals surface area contributed by atoms with Gasteiger partial charge in [-0.2, -0.15) is 5.10 Å². The normalized spacial score (nSPS) is 29.9. The zero-order valence-electron chi connectivity index (χ0n) is 17.7. The summed E-state index contributed by atoms with van der Waals surface area (Å²) < 4.78 is 1.82. The van der Waals surface area contributed by atoms with Crippen LogP contribution in [0.4, 0.5) is 0 Å². The van der Waals surface area contributed by atoms with Gasteiger partial charge < -0.3 is 5.32 Å². The molecule has 1 unspecified atom stereocenters. The Hall–Kier alpha value is -2.41. The number of carbonyl (C=O) groups is 1. The Balaban J connectivity index is 1.21. The number of hydrogen-bond donors (Lipinski definition) is 1. The molecule has 1 amide bonds. The summed E-state index contributed by atoms with van der Waals surface area (Å²) in [5, 5.41) is 9.50. The standard InChI is InChI=1S/C24H27N5OS/c1-15(22(30)28-24-10-16-7-17(11-24)9-18(8-16)12-24)31-23-20-13-27-29(21(20)25-14-26-23)19-5-3-2-4-6-19/h2-6,13-18H,7-12H2,1H3,(H,28,30). The van der Waals surface area contributed by atoms with E-state index in [1.165, 1.54) is 50.3 Å². The van der Waals surface area contributed by atoms with Crippen molar-refractivity contribution in [2.24, 2.45) is 17.8 Å². The van der Waals surface area contributed by atoms with E-state index in [0.29, 0.717) is 0 Å². The second-order valence-corrected chi connectivity index (χ2v) is 11.1. The van der Waals surface area contributed by atoms with Crippen LogP contribution in [-0.2, 0) is 4.79 Å². The molecule has 3 aromatic rings. The molecule has 4 bridgehead atoms. The van der Waals surface area contributed by atoms with Crippen molar-refractivity contribution in [2.75, 3.05) is 0 Å². The highest BCUT2D eigenvalue weighted by Crippen LogP contribution is 2.55. The van der Waals surface area contributed by atoms with Gasteiger partial charge in [-0.05, 0) is 75.3 Å². The first-order valence-electron chi connectivity index (χ1n) is 11.3. The highest BCUT2D eigenvalue weighted by Gasteiger charge is 2.51. The maximum absolute atomic E-state index is 13.2. The van der Waals surface area contributed by atoms with E-state index in [2.05, 4.69) is 20.4 Å². The molecule has 7 rings (SSSR count). The van der Waals surface area contributed by atoms with E-state index >= 15 is 0 Å². The minimum Gasteiger partial charge on any atom is -0.350 e. The Morgan fingerprint density at radius 1 is 1.10 bits per heavy atom. The summed E-state index contributed by atoms with van der Waals surface area (Å²) in [5.41, 5.74) is 1.76. The summed E-state index contributed by atoms with van der Waals surface area (Å²) in [7, 11) is 0. The Morgan fingerprint density at radius 3 is 2.45 bits per heavy atom. The number of thioether (sulfide) groups is 1. The number of amides is 1. The summed E-state index contributed by atoms with van der Waals surface area (Å²) in [4.78, 5) is 22.1. The van der Waals surface area contributed by atoms with Crippen LogP contribution in [0.3, 0.4) is 0 Å². The number of carbonyl (C=O) groups excluding carboxylic acids is 1. The number of nitrogens with one attached hydrogen (secondary N) is 1. The molecule has 1 N–H and O–H groups in total. The quantitative estimate of drug-likeness (QED) is 0.477. The molecule has 0 radical (unpaired) electrons. The van der Waals surface area contributed by atoms with Gasteiger partial charge in [0.15, 0.2) is 5.65 Å². The fourth-order valence-electron chi connectivity index (χ4n) is 6.52. The number of fused-ring (bicyclic) bond motifs is 1. The van der Waals surface area contributed by atoms with E-state index < -0.39 is 0 Å². The fraction of sp³-hybridized carbons (Fsp3) is 0.500. The topological polar surface area (TPSA) is 72.7 Å². The third-order valence-corrected chi connectivity index (χ3v) is 8.53. The molecule has 0 spiro atoms. The fourth-order valence-corrected chi connectivity index (χ4v) is 7.40. The Kier molecular flexibility index (Phi) is 4.56. The molecule has 0 saturated heterocycles. The van der Waals surface area contributed by atoms with E-state index in [0.717, 1.165) is 39.5 Å². The van der Waals surface area contributed by atoms with Gasteiger partial charge in [0.2, 0.25) is 5.91 Å². The molecule has 4 aliphatic carbocycles. The average molecular weight is 434 g/mol. The van der Waals surface area contributed by atoms with Crippen molar-refractivity contribution < 1.29 is 4.79 Å². The maximum atomic E-state index is 13.2. The molecule has 1 aromatic carbocycles. The Bertz CT molecular complexity index is 1090. The highest BCUT2D eigenvalue weighted by atomic mass is 32.2. The molecule has 0 aliphatic heterocycles. The molecule has 4 aliphatic rings. The first-order chi connectivity index (χ1) is 15.1. The summed E-state index contributed by atoms with van der Waals surface area (Å²) in [6.45, 7) is 1.98. The predicted octanol–water partition coefficient (Wildman–Crippen LogP) is 4.38. The van der Waals surface area contributed by atoms with Crippen LogP contribution in [0.5, 0.6) is 0 Å². The summed E-state index contributed by atoms with van der Waals surface area (Å²) in [6.07, 6.45) is 11.0. The van der Waals surface area contributed by atoms with Crippen LogP contribution in [0, 0.1) is 17.8 Å². The first kappa shape index (κ1) is 19.3. The SMILES string of the molecule is CC(Sc1ncnc2c1cnn2-c1ccccc1)C(=O)NC12CC3CC(CC(C3)C1)C2. The smallest absolute Gasteiger partial charge is 0.233 e. The van der Waals surface area contributed by atoms with E-state index in [-0.39, 0.29) is 16.7 Å². The van der Waals surface area contributed by atoms with E-state index in [1.54, 1.807) is 12.5 Å². The van der Waals surface area contributed by atoms with Crippen molar-refractivity contribution in [3.05, 3.63) is 42.9 Å². The lowest BCUT2D eigenvalue weighted by Gasteiger charge is -2.57. The lowest BCUT2D eigenvalue weighted by molar-refractivity contribution is -0.126. The number of rotatable bonds is 5. The molecular weight excluding hydrogens is 406 g/mol. The summed E-state index contributed by atoms with van der Waals surface area (Å²) in [6, 6.07) is 9.95. The van der Waals surface area contributed by atoms with Gasteiger partial charge in [0.25, 0.3) is 0 Å². The Morgan fingerprint density at radius 2 is 1.77 bits per heavy atom. The van der Waals surface area contributed by atoms with Crippen LogP contribution in [0.25, 0.3) is 16.7 Å². The highest BCUT2D eigenvalue weighted by molar-refractivity contribution is 8.00. The lowest BCUT2D eigenvalue weighted by atomic mass is 9.53. The van der Waals surface area contributed by atoms with Gasteiger partial charge in [-0.1, -0.05) is 30.0 Å². The van der Waals surface area contributed by atoms with Crippen molar-refractivity contribution in [3.63, 3.8) is 0 Å². The number of hydrogen-bond acceptors (Lipinski definition) is 5. The third-order valence-electron chi connectivity index (χ3n) is 7.41. The molecule has 31 heavy (non-hydrogen) atoms. The number of nitrogens with zero attached hydrogens (tertiary/aromatic N) is 4. The predicted molar refractivity (Wildman–Crippen MR) is 121 cm³/mol. The molecule has 2 heterocycles. The van der Waals surface area contributed by atoms with Crippen LogP contribution in [0.15, 0.2) is 47.9 Å². The zero-order chi connectivity index (χ0) is 21.0. The van der Waals surface area contributed by atoms with E-state index in [4.69, 9.17) is 0 Å². The van der Waals surface area contributed by atoms with Crippen molar-refractivity contribution in [1.82, 2.24) is 25.1 Å². The van der Waals surface area contributed by atoms with Crippen molar-refractivity contribution in [1.29, 1.82) is 0 Å². The molecule has 7 heteroatoms. The molecule has 2 aromatic heterocycles. The maximum Gasteiger partial charge on any atom is 0.233 e. The minimum absolute atomic E-state index is 0.0415. The van der Waals surface area contributed by atoms with Gasteiger partial charge in [0.05, 0.1) is 22.5 Å². The van der Waals surface area contributed by atoms with Gasteiger partial charge >= 0.3 is 0 Å². The van der Waals surface area contributed by atoms with Crippen LogP contribution in [0.1, 0.15) is 45.4 Å². The summed E-state index contributed by atoms with van der Waals surface area (Å²) >= 11 is 1.50. The monoisotopic (exact) mass is 433 g/mol. The van der Waals surface area contributed by atoms with Gasteiger partial charge in [-0.3, -0.25) is 4.79 Å². The van der Waals surface area contributed by atoms with Crippen molar-refractivity contribution >= 4 is 28.7 Å². The van der Waals surface area contributed by atoms with Gasteiger partial charge in [-0.15, -0.1) is 0 Å². The molecule has 4 fully saturated rings. The number of benzene rings is 1. The van der Waals surface area contributed by atoms with Gasteiger partial charge in [0, 0.05) is 5.54 Å². The number of para-hydroxylation sites is 1. The van der Waals surface area contributed by atoms with Crippen LogP contribution < -0.4 is 5.32 Å². The third kappa shape index (κ3) is 3.43. The van der Waals surface area contributed by atoms with Crippen LogP contribution in [-0.4, -0.2) is 36.4 Å². The molecule has 6 nitrogen and oxygen atoms in total. The van der Waals surface area contributed by atoms with Crippen LogP contribution in [0.2, 0.25) is 0 Å². The lowest BCUT2D eigenvalue weighted by Crippen LogP contribution is -2.60. The largest absolute Gasteiger partial charge is 0.350 e. The molecule has 1 atom stereocenters. The van der Waals surface area contributed by atoms with Gasteiger partial charge in [-0.25, -0.2) is 14.6 Å².